The molecular formula is C16H28O3Si. The highest BCUT2D eigenvalue weighted by molar-refractivity contribution is 6.74. The molecule has 0 aliphatic rings. The van der Waals surface area contributed by atoms with Crippen molar-refractivity contribution in [3.05, 3.63) is 29.3 Å². The van der Waals surface area contributed by atoms with Crippen molar-refractivity contribution in [1.29, 1.82) is 0 Å². The van der Waals surface area contributed by atoms with Crippen molar-refractivity contribution in [2.45, 2.75) is 65.0 Å². The van der Waals surface area contributed by atoms with Crippen LogP contribution >= 0.6 is 0 Å². The summed E-state index contributed by atoms with van der Waals surface area (Å²) in [6.07, 6.45) is 0.0661. The van der Waals surface area contributed by atoms with Crippen molar-refractivity contribution in [1.82, 2.24) is 0 Å². The highest BCUT2D eigenvalue weighted by Gasteiger charge is 2.39. The van der Waals surface area contributed by atoms with Crippen molar-refractivity contribution in [3.8, 4) is 5.75 Å². The molecular weight excluding hydrogens is 268 g/mol. The highest BCUT2D eigenvalue weighted by Crippen LogP contribution is 2.38. The second-order valence-electron chi connectivity index (χ2n) is 6.81. The van der Waals surface area contributed by atoms with Gasteiger partial charge in [0.1, 0.15) is 5.75 Å². The van der Waals surface area contributed by atoms with E-state index in [1.807, 2.05) is 25.1 Å². The minimum absolute atomic E-state index is 0.0627. The second-order valence-corrected chi connectivity index (χ2v) is 11.5. The molecule has 3 nitrogen and oxygen atoms in total. The molecule has 0 aliphatic carbocycles. The van der Waals surface area contributed by atoms with Crippen LogP contribution in [0.2, 0.25) is 18.1 Å². The molecule has 1 aromatic carbocycles. The molecule has 0 heterocycles. The Morgan fingerprint density at radius 1 is 1.25 bits per heavy atom. The Hall–Kier alpha value is -0.843. The number of rotatable bonds is 5. The number of benzene rings is 1. The van der Waals surface area contributed by atoms with Gasteiger partial charge in [0, 0.05) is 0 Å². The van der Waals surface area contributed by atoms with Gasteiger partial charge in [-0.15, -0.1) is 0 Å². The van der Waals surface area contributed by atoms with Gasteiger partial charge >= 0.3 is 0 Å². The maximum absolute atomic E-state index is 10.1. The molecule has 2 N–H and O–H groups in total. The molecule has 4 heteroatoms. The van der Waals surface area contributed by atoms with Gasteiger partial charge in [-0.25, -0.2) is 0 Å². The number of hydrogen-bond donors (Lipinski definition) is 2. The minimum atomic E-state index is -1.89. The second kappa shape index (κ2) is 6.29. The Morgan fingerprint density at radius 3 is 2.30 bits per heavy atom. The van der Waals surface area contributed by atoms with Crippen LogP contribution in [0.15, 0.2) is 18.2 Å². The van der Waals surface area contributed by atoms with E-state index in [4.69, 9.17) is 4.43 Å². The van der Waals surface area contributed by atoms with E-state index < -0.39 is 14.4 Å². The van der Waals surface area contributed by atoms with Crippen LogP contribution in [0, 0.1) is 0 Å². The van der Waals surface area contributed by atoms with E-state index in [9.17, 15) is 10.2 Å². The zero-order chi connectivity index (χ0) is 15.6. The van der Waals surface area contributed by atoms with Crippen LogP contribution in [0.1, 0.15) is 51.3 Å². The van der Waals surface area contributed by atoms with E-state index in [-0.39, 0.29) is 11.6 Å². The molecule has 0 aliphatic heterocycles. The predicted octanol–water partition coefficient (Wildman–Crippen LogP) is 4.01. The summed E-state index contributed by atoms with van der Waals surface area (Å²) in [5, 5.41) is 19.6. The van der Waals surface area contributed by atoms with E-state index in [2.05, 4.69) is 33.9 Å². The van der Waals surface area contributed by atoms with E-state index in [0.717, 1.165) is 16.9 Å². The maximum Gasteiger partial charge on any atom is 0.250 e. The third-order valence-electron chi connectivity index (χ3n) is 4.21. The lowest BCUT2D eigenvalue weighted by molar-refractivity contribution is 0.169. The number of hydrogen-bond acceptors (Lipinski definition) is 3. The lowest BCUT2D eigenvalue weighted by Gasteiger charge is -2.36. The number of aliphatic hydroxyl groups excluding tert-OH is 2. The summed E-state index contributed by atoms with van der Waals surface area (Å²) >= 11 is 0. The standard InChI is InChI=1S/C16H28O3Si/c1-7-15(18)14-10-13(9-8-12(14)11-17)19-20(5,6)16(2,3)4/h8-10,15,17-18H,7,11H2,1-6H3. The monoisotopic (exact) mass is 296 g/mol. The Balaban J connectivity index is 3.10. The third kappa shape index (κ3) is 3.84. The fraction of sp³-hybridized carbons (Fsp3) is 0.625. The molecule has 0 amide bonds. The first-order valence-electron chi connectivity index (χ1n) is 7.23. The van der Waals surface area contributed by atoms with Crippen molar-refractivity contribution < 1.29 is 14.6 Å². The van der Waals surface area contributed by atoms with E-state index >= 15 is 0 Å². The van der Waals surface area contributed by atoms with E-state index in [1.165, 1.54) is 0 Å². The molecule has 20 heavy (non-hydrogen) atoms. The molecule has 1 unspecified atom stereocenters. The van der Waals surface area contributed by atoms with E-state index in [0.29, 0.717) is 6.42 Å². The van der Waals surface area contributed by atoms with Crippen LogP contribution in [-0.4, -0.2) is 18.5 Å². The Morgan fingerprint density at radius 2 is 1.85 bits per heavy atom. The summed E-state index contributed by atoms with van der Waals surface area (Å²) in [4.78, 5) is 0. The topological polar surface area (TPSA) is 49.7 Å². The van der Waals surface area contributed by atoms with Crippen LogP contribution in [0.3, 0.4) is 0 Å². The molecule has 1 atom stereocenters. The average molecular weight is 296 g/mol. The van der Waals surface area contributed by atoms with Crippen LogP contribution in [-0.2, 0) is 6.61 Å². The van der Waals surface area contributed by atoms with Crippen LogP contribution < -0.4 is 4.43 Å². The smallest absolute Gasteiger partial charge is 0.250 e. The zero-order valence-corrected chi connectivity index (χ0v) is 14.5. The summed E-state index contributed by atoms with van der Waals surface area (Å²) in [6, 6.07) is 5.61. The molecule has 0 saturated heterocycles. The minimum Gasteiger partial charge on any atom is -0.543 e. The van der Waals surface area contributed by atoms with Crippen LogP contribution in [0.5, 0.6) is 5.75 Å². The van der Waals surface area contributed by atoms with Crippen LogP contribution in [0.4, 0.5) is 0 Å². The van der Waals surface area contributed by atoms with Gasteiger partial charge in [0.05, 0.1) is 12.7 Å². The molecule has 0 spiro atoms. The van der Waals surface area contributed by atoms with Crippen molar-refractivity contribution in [2.24, 2.45) is 0 Å². The average Bonchev–Trinajstić information content (AvgIpc) is 2.36. The first kappa shape index (κ1) is 17.2. The van der Waals surface area contributed by atoms with Gasteiger partial charge in [-0.2, -0.15) is 0 Å². The molecule has 0 bridgehead atoms. The predicted molar refractivity (Wildman–Crippen MR) is 85.4 cm³/mol. The largest absolute Gasteiger partial charge is 0.543 e. The highest BCUT2D eigenvalue weighted by atomic mass is 28.4. The van der Waals surface area contributed by atoms with Crippen molar-refractivity contribution >= 4 is 8.32 Å². The molecule has 0 aromatic heterocycles. The quantitative estimate of drug-likeness (QED) is 0.807. The summed E-state index contributed by atoms with van der Waals surface area (Å²) in [7, 11) is -1.89. The lowest BCUT2D eigenvalue weighted by atomic mass is 10.0. The molecule has 0 fully saturated rings. The third-order valence-corrected chi connectivity index (χ3v) is 8.57. The van der Waals surface area contributed by atoms with Gasteiger partial charge in [0.15, 0.2) is 0 Å². The van der Waals surface area contributed by atoms with E-state index in [1.54, 1.807) is 0 Å². The summed E-state index contributed by atoms with van der Waals surface area (Å²) in [6.45, 7) is 12.8. The number of aliphatic hydroxyl groups is 2. The fourth-order valence-electron chi connectivity index (χ4n) is 1.76. The molecule has 114 valence electrons. The van der Waals surface area contributed by atoms with Crippen LogP contribution in [0.25, 0.3) is 0 Å². The normalized spacial score (nSPS) is 14.2. The first-order valence-corrected chi connectivity index (χ1v) is 10.1. The van der Waals surface area contributed by atoms with Gasteiger partial charge in [-0.3, -0.25) is 0 Å². The molecule has 1 rings (SSSR count). The first-order chi connectivity index (χ1) is 9.12. The van der Waals surface area contributed by atoms with Gasteiger partial charge in [-0.05, 0) is 47.8 Å². The molecule has 1 aromatic rings. The zero-order valence-electron chi connectivity index (χ0n) is 13.5. The van der Waals surface area contributed by atoms with Crippen molar-refractivity contribution in [2.75, 3.05) is 0 Å². The summed E-state index contributed by atoms with van der Waals surface area (Å²) in [5.74, 6) is 0.788. The molecule has 0 radical (unpaired) electrons. The Kier molecular flexibility index (Phi) is 5.41. The maximum atomic E-state index is 10.1. The summed E-state index contributed by atoms with van der Waals surface area (Å²) in [5.41, 5.74) is 1.54. The summed E-state index contributed by atoms with van der Waals surface area (Å²) < 4.78 is 6.25. The van der Waals surface area contributed by atoms with Crippen molar-refractivity contribution in [3.63, 3.8) is 0 Å². The van der Waals surface area contributed by atoms with Gasteiger partial charge in [0.25, 0.3) is 0 Å². The molecule has 0 saturated carbocycles. The Bertz CT molecular complexity index is 450. The van der Waals surface area contributed by atoms with Gasteiger partial charge in [-0.1, -0.05) is 33.8 Å². The SMILES string of the molecule is CCC(O)c1cc(O[Si](C)(C)C(C)(C)C)ccc1CO. The Labute approximate surface area is 123 Å². The fourth-order valence-corrected chi connectivity index (χ4v) is 2.78. The van der Waals surface area contributed by atoms with Gasteiger partial charge in [0.2, 0.25) is 8.32 Å². The van der Waals surface area contributed by atoms with Gasteiger partial charge < -0.3 is 14.6 Å². The lowest BCUT2D eigenvalue weighted by Crippen LogP contribution is -2.43.